The molecular weight excluding hydrogens is 565 g/mol. The monoisotopic (exact) mass is 585 g/mol. The Morgan fingerprint density at radius 3 is 2.50 bits per heavy atom. The van der Waals surface area contributed by atoms with Gasteiger partial charge in [-0.25, -0.2) is 4.99 Å². The number of halogens is 2. The number of anilines is 1. The topological polar surface area (TPSA) is 76.6 Å². The number of thiazole rings is 1. The smallest absolute Gasteiger partial charge is 0.271 e. The molecule has 2 aromatic heterocycles. The molecule has 1 N–H and O–H groups in total. The number of amides is 1. The highest BCUT2D eigenvalue weighted by Gasteiger charge is 2.32. The minimum absolute atomic E-state index is 0.276. The van der Waals surface area contributed by atoms with E-state index in [2.05, 4.69) is 10.3 Å². The van der Waals surface area contributed by atoms with Crippen molar-refractivity contribution in [3.05, 3.63) is 143 Å². The van der Waals surface area contributed by atoms with Crippen LogP contribution in [0.25, 0.3) is 17.4 Å². The first-order valence-electron chi connectivity index (χ1n) is 12.4. The van der Waals surface area contributed by atoms with Crippen molar-refractivity contribution in [1.82, 2.24) is 4.57 Å². The second-order valence-corrected chi connectivity index (χ2v) is 11.0. The van der Waals surface area contributed by atoms with Gasteiger partial charge in [-0.15, -0.1) is 0 Å². The zero-order valence-electron chi connectivity index (χ0n) is 21.1. The number of carbonyl (C=O) groups is 1. The molecule has 40 heavy (non-hydrogen) atoms. The van der Waals surface area contributed by atoms with Gasteiger partial charge in [0.25, 0.3) is 11.5 Å². The molecule has 1 amide bonds. The number of fused-ring (bicyclic) bond motifs is 1. The van der Waals surface area contributed by atoms with Crippen molar-refractivity contribution in [2.24, 2.45) is 4.99 Å². The van der Waals surface area contributed by atoms with E-state index in [-0.39, 0.29) is 11.5 Å². The van der Waals surface area contributed by atoms with Crippen LogP contribution in [0, 0.1) is 0 Å². The summed E-state index contributed by atoms with van der Waals surface area (Å²) in [6, 6.07) is 26.6. The fourth-order valence-corrected chi connectivity index (χ4v) is 5.99. The lowest BCUT2D eigenvalue weighted by molar-refractivity contribution is -0.113. The third-order valence-corrected chi connectivity index (χ3v) is 7.96. The zero-order chi connectivity index (χ0) is 27.8. The first kappa shape index (κ1) is 26.1. The molecule has 5 aromatic rings. The summed E-state index contributed by atoms with van der Waals surface area (Å²) in [5, 5.41) is 4.11. The van der Waals surface area contributed by atoms with Gasteiger partial charge in [-0.1, -0.05) is 77.0 Å². The number of nitrogens with one attached hydrogen (secondary N) is 1. The molecule has 0 fully saturated rings. The van der Waals surface area contributed by atoms with Crippen molar-refractivity contribution in [2.75, 3.05) is 5.32 Å². The predicted octanol–water partition coefficient (Wildman–Crippen LogP) is 6.44. The molecule has 1 aliphatic heterocycles. The van der Waals surface area contributed by atoms with Gasteiger partial charge in [-0.05, 0) is 61.0 Å². The van der Waals surface area contributed by atoms with Crippen molar-refractivity contribution in [2.45, 2.75) is 13.0 Å². The van der Waals surface area contributed by atoms with Gasteiger partial charge in [0.05, 0.1) is 21.8 Å². The van der Waals surface area contributed by atoms with E-state index < -0.39 is 6.04 Å². The van der Waals surface area contributed by atoms with Crippen molar-refractivity contribution in [1.29, 1.82) is 0 Å². The number of allylic oxidation sites excluding steroid dienone is 1. The van der Waals surface area contributed by atoms with Crippen molar-refractivity contribution >= 4 is 52.2 Å². The summed E-state index contributed by atoms with van der Waals surface area (Å²) in [4.78, 5) is 32.6. The molecule has 1 unspecified atom stereocenters. The second-order valence-electron chi connectivity index (χ2n) is 9.17. The quantitative estimate of drug-likeness (QED) is 0.258. The van der Waals surface area contributed by atoms with Crippen LogP contribution in [0.1, 0.15) is 24.3 Å². The molecule has 6 nitrogen and oxygen atoms in total. The highest BCUT2D eigenvalue weighted by atomic mass is 35.5. The third-order valence-electron chi connectivity index (χ3n) is 6.49. The number of aromatic nitrogens is 1. The largest absolute Gasteiger partial charge is 0.457 e. The molecule has 0 saturated heterocycles. The summed E-state index contributed by atoms with van der Waals surface area (Å²) in [7, 11) is 0. The first-order chi connectivity index (χ1) is 19.4. The van der Waals surface area contributed by atoms with E-state index in [0.29, 0.717) is 47.9 Å². The molecule has 0 bridgehead atoms. The number of hydrogen-bond acceptors (Lipinski definition) is 5. The maximum atomic E-state index is 13.9. The van der Waals surface area contributed by atoms with E-state index in [0.717, 1.165) is 11.1 Å². The summed E-state index contributed by atoms with van der Waals surface area (Å²) in [5.41, 5.74) is 2.86. The van der Waals surface area contributed by atoms with Gasteiger partial charge in [0.1, 0.15) is 11.5 Å². The lowest BCUT2D eigenvalue weighted by Gasteiger charge is -2.25. The lowest BCUT2D eigenvalue weighted by atomic mass is 9.95. The summed E-state index contributed by atoms with van der Waals surface area (Å²) in [6.07, 6.45) is 1.69. The van der Waals surface area contributed by atoms with Gasteiger partial charge in [-0.2, -0.15) is 0 Å². The van der Waals surface area contributed by atoms with Crippen LogP contribution in [0.5, 0.6) is 0 Å². The molecule has 3 heterocycles. The van der Waals surface area contributed by atoms with E-state index in [9.17, 15) is 9.59 Å². The van der Waals surface area contributed by atoms with Crippen LogP contribution in [0.3, 0.4) is 0 Å². The maximum Gasteiger partial charge on any atom is 0.271 e. The molecule has 6 rings (SSSR count). The Morgan fingerprint density at radius 1 is 0.975 bits per heavy atom. The van der Waals surface area contributed by atoms with Crippen LogP contribution in [0.2, 0.25) is 10.0 Å². The maximum absolute atomic E-state index is 13.9. The van der Waals surface area contributed by atoms with Crippen molar-refractivity contribution in [3.63, 3.8) is 0 Å². The third kappa shape index (κ3) is 5.07. The Labute approximate surface area is 243 Å². The first-order valence-corrected chi connectivity index (χ1v) is 13.9. The van der Waals surface area contributed by atoms with Crippen LogP contribution in [-0.2, 0) is 4.79 Å². The van der Waals surface area contributed by atoms with Crippen molar-refractivity contribution < 1.29 is 9.21 Å². The van der Waals surface area contributed by atoms with Crippen LogP contribution >= 0.6 is 34.5 Å². The number of nitrogens with zero attached hydrogens (tertiary/aromatic N) is 2. The van der Waals surface area contributed by atoms with E-state index in [1.54, 1.807) is 54.0 Å². The Bertz CT molecular complexity index is 1960. The SMILES string of the molecule is CC1=C(C(=O)Nc2ccccc2)C(c2ccc(Cl)cc2)n2c(s/c(=C/c3ccc(-c4cccc(Cl)c4)o3)c2=O)=N1. The summed E-state index contributed by atoms with van der Waals surface area (Å²) >= 11 is 13.5. The molecule has 0 aliphatic carbocycles. The zero-order valence-corrected chi connectivity index (χ0v) is 23.4. The van der Waals surface area contributed by atoms with Gasteiger partial charge in [0.15, 0.2) is 4.80 Å². The van der Waals surface area contributed by atoms with Gasteiger partial charge in [-0.3, -0.25) is 14.2 Å². The minimum Gasteiger partial charge on any atom is -0.457 e. The Hall–Kier alpha value is -4.17. The van der Waals surface area contributed by atoms with E-state index >= 15 is 0 Å². The standard InChI is InChI=1S/C31H21Cl2N3O3S/c1-18-27(29(37)35-23-8-3-2-4-9-23)28(19-10-12-21(32)13-11-19)36-30(38)26(40-31(36)34-18)17-24-14-15-25(39-24)20-6-5-7-22(33)16-20/h2-17,28H,1H3,(H,35,37)/b26-17+. The second kappa shape index (κ2) is 10.8. The normalized spacial score (nSPS) is 15.1. The Kier molecular flexibility index (Phi) is 7.02. The van der Waals surface area contributed by atoms with Gasteiger partial charge >= 0.3 is 0 Å². The lowest BCUT2D eigenvalue weighted by Crippen LogP contribution is -2.40. The number of carbonyl (C=O) groups excluding carboxylic acids is 1. The van der Waals surface area contributed by atoms with Gasteiger partial charge in [0.2, 0.25) is 0 Å². The Morgan fingerprint density at radius 2 is 1.75 bits per heavy atom. The fourth-order valence-electron chi connectivity index (χ4n) is 4.65. The van der Waals surface area contributed by atoms with E-state index in [1.165, 1.54) is 11.3 Å². The molecule has 0 radical (unpaired) electrons. The average molecular weight is 587 g/mol. The minimum atomic E-state index is -0.696. The van der Waals surface area contributed by atoms with E-state index in [4.69, 9.17) is 27.6 Å². The molecule has 3 aromatic carbocycles. The molecule has 1 atom stereocenters. The number of benzene rings is 3. The molecular formula is C31H21Cl2N3O3S. The molecule has 198 valence electrons. The molecule has 1 aliphatic rings. The van der Waals surface area contributed by atoms with E-state index in [1.807, 2.05) is 54.6 Å². The average Bonchev–Trinajstić information content (AvgIpc) is 3.53. The van der Waals surface area contributed by atoms with Crippen LogP contribution in [0.4, 0.5) is 5.69 Å². The number of hydrogen-bond donors (Lipinski definition) is 1. The van der Waals surface area contributed by atoms with Gasteiger partial charge in [0, 0.05) is 27.4 Å². The number of rotatable bonds is 5. The molecule has 0 spiro atoms. The van der Waals surface area contributed by atoms with Crippen molar-refractivity contribution in [3.8, 4) is 11.3 Å². The summed E-state index contributed by atoms with van der Waals surface area (Å²) in [6.45, 7) is 1.78. The highest BCUT2D eigenvalue weighted by molar-refractivity contribution is 7.07. The number of para-hydroxylation sites is 1. The summed E-state index contributed by atoms with van der Waals surface area (Å²) in [5.74, 6) is 0.816. The number of furan rings is 1. The predicted molar refractivity (Wildman–Crippen MR) is 159 cm³/mol. The van der Waals surface area contributed by atoms with Crippen LogP contribution in [0.15, 0.2) is 116 Å². The van der Waals surface area contributed by atoms with Crippen LogP contribution < -0.4 is 20.2 Å². The molecule has 0 saturated carbocycles. The summed E-state index contributed by atoms with van der Waals surface area (Å²) < 4.78 is 8.01. The Balaban J connectivity index is 1.45. The van der Waals surface area contributed by atoms with Crippen LogP contribution in [-0.4, -0.2) is 10.5 Å². The molecule has 9 heteroatoms. The highest BCUT2D eigenvalue weighted by Crippen LogP contribution is 2.31. The fraction of sp³-hybridized carbons (Fsp3) is 0.0645. The van der Waals surface area contributed by atoms with Gasteiger partial charge < -0.3 is 9.73 Å².